The average molecular weight is 152 g/mol. The standard InChI is InChI=1S/C8H14N3/c1-2-3-4-5-6-8-7-9-11-10-8/h7H,2-6H2,1H3/q-1. The second-order valence-corrected chi connectivity index (χ2v) is 2.74. The molecule has 0 bridgehead atoms. The highest BCUT2D eigenvalue weighted by atomic mass is 15.3. The second-order valence-electron chi connectivity index (χ2n) is 2.74. The topological polar surface area (TPSA) is 39.9 Å². The lowest BCUT2D eigenvalue weighted by Crippen LogP contribution is -1.86. The average Bonchev–Trinajstić information content (AvgIpc) is 2.50. The molecule has 3 nitrogen and oxygen atoms in total. The fourth-order valence-corrected chi connectivity index (χ4v) is 1.05. The maximum Gasteiger partial charge on any atom is 0.0355 e. The number of hydrogen-bond donors (Lipinski definition) is 0. The van der Waals surface area contributed by atoms with Crippen molar-refractivity contribution < 1.29 is 0 Å². The largest absolute Gasteiger partial charge is 0.493 e. The third-order valence-electron chi connectivity index (χ3n) is 1.72. The monoisotopic (exact) mass is 152 g/mol. The molecule has 0 saturated carbocycles. The Morgan fingerprint density at radius 2 is 2.27 bits per heavy atom. The molecule has 0 atom stereocenters. The maximum absolute atomic E-state index is 3.85. The van der Waals surface area contributed by atoms with Crippen molar-refractivity contribution in [1.82, 2.24) is 15.4 Å². The van der Waals surface area contributed by atoms with Crippen molar-refractivity contribution in [3.8, 4) is 0 Å². The molecule has 1 heterocycles. The number of hydrogen-bond acceptors (Lipinski definition) is 2. The van der Waals surface area contributed by atoms with Crippen molar-refractivity contribution in [2.24, 2.45) is 0 Å². The molecule has 0 radical (unpaired) electrons. The van der Waals surface area contributed by atoms with E-state index >= 15 is 0 Å². The predicted octanol–water partition coefficient (Wildman–Crippen LogP) is 1.56. The van der Waals surface area contributed by atoms with Crippen molar-refractivity contribution in [2.75, 3.05) is 0 Å². The Hall–Kier alpha value is -0.860. The molecule has 1 rings (SSSR count). The highest BCUT2D eigenvalue weighted by Gasteiger charge is 1.90. The van der Waals surface area contributed by atoms with Crippen LogP contribution >= 0.6 is 0 Å². The van der Waals surface area contributed by atoms with Crippen LogP contribution in [0, 0.1) is 0 Å². The van der Waals surface area contributed by atoms with Crippen molar-refractivity contribution in [3.05, 3.63) is 11.9 Å². The molecule has 0 aliphatic heterocycles. The summed E-state index contributed by atoms with van der Waals surface area (Å²) in [4.78, 5) is 0. The van der Waals surface area contributed by atoms with Gasteiger partial charge < -0.3 is 15.4 Å². The zero-order chi connectivity index (χ0) is 7.94. The molecular formula is C8H14N3-. The molecule has 1 aromatic heterocycles. The summed E-state index contributed by atoms with van der Waals surface area (Å²) < 4.78 is 0. The minimum atomic E-state index is 1.03. The van der Waals surface area contributed by atoms with Crippen LogP contribution in [0.25, 0.3) is 0 Å². The molecule has 0 saturated heterocycles. The normalized spacial score (nSPS) is 10.3. The van der Waals surface area contributed by atoms with Crippen LogP contribution in [0.2, 0.25) is 0 Å². The lowest BCUT2D eigenvalue weighted by atomic mass is 10.1. The minimum Gasteiger partial charge on any atom is -0.493 e. The van der Waals surface area contributed by atoms with E-state index in [-0.39, 0.29) is 0 Å². The van der Waals surface area contributed by atoms with E-state index in [1.54, 1.807) is 6.20 Å². The summed E-state index contributed by atoms with van der Waals surface area (Å²) in [5.41, 5.74) is 1.03. The molecule has 0 spiro atoms. The first-order valence-corrected chi connectivity index (χ1v) is 4.23. The molecule has 0 N–H and O–H groups in total. The van der Waals surface area contributed by atoms with Gasteiger partial charge in [-0.1, -0.05) is 26.2 Å². The molecule has 3 heteroatoms. The van der Waals surface area contributed by atoms with Gasteiger partial charge in [0.1, 0.15) is 0 Å². The van der Waals surface area contributed by atoms with Gasteiger partial charge in [-0.25, -0.2) is 0 Å². The number of aryl methyl sites for hydroxylation is 1. The second kappa shape index (κ2) is 4.88. The quantitative estimate of drug-likeness (QED) is 0.601. The summed E-state index contributed by atoms with van der Waals surface area (Å²) in [7, 11) is 0. The lowest BCUT2D eigenvalue weighted by molar-refractivity contribution is 0.659. The number of nitrogens with zero attached hydrogens (tertiary/aromatic N) is 3. The van der Waals surface area contributed by atoms with Crippen molar-refractivity contribution in [3.63, 3.8) is 0 Å². The molecule has 0 aliphatic carbocycles. The van der Waals surface area contributed by atoms with Crippen LogP contribution in [-0.2, 0) is 6.42 Å². The molecule has 0 unspecified atom stereocenters. The highest BCUT2D eigenvalue weighted by Crippen LogP contribution is 2.03. The summed E-state index contributed by atoms with van der Waals surface area (Å²) in [5.74, 6) is 0. The Bertz CT molecular complexity index is 169. The van der Waals surface area contributed by atoms with E-state index in [1.807, 2.05) is 0 Å². The van der Waals surface area contributed by atoms with Gasteiger partial charge in [-0.05, 0) is 12.8 Å². The summed E-state index contributed by atoms with van der Waals surface area (Å²) in [6.07, 6.45) is 7.89. The van der Waals surface area contributed by atoms with Gasteiger partial charge in [-0.15, -0.1) is 0 Å². The van der Waals surface area contributed by atoms with Crippen LogP contribution in [-0.4, -0.2) is 10.2 Å². The van der Waals surface area contributed by atoms with Crippen molar-refractivity contribution in [1.29, 1.82) is 0 Å². The molecule has 0 aliphatic rings. The third-order valence-corrected chi connectivity index (χ3v) is 1.72. The van der Waals surface area contributed by atoms with E-state index in [0.717, 1.165) is 12.1 Å². The molecule has 1 aromatic rings. The number of unbranched alkanes of at least 4 members (excludes halogenated alkanes) is 3. The van der Waals surface area contributed by atoms with Gasteiger partial charge in [-0.2, -0.15) is 0 Å². The van der Waals surface area contributed by atoms with E-state index in [1.165, 1.54) is 25.7 Å². The van der Waals surface area contributed by atoms with Gasteiger partial charge in [-0.3, -0.25) is 0 Å². The first-order valence-electron chi connectivity index (χ1n) is 4.23. The Kier molecular flexibility index (Phi) is 3.65. The Balaban J connectivity index is 2.04. The predicted molar refractivity (Wildman–Crippen MR) is 43.2 cm³/mol. The molecule has 0 aromatic carbocycles. The van der Waals surface area contributed by atoms with Gasteiger partial charge in [0, 0.05) is 11.9 Å². The van der Waals surface area contributed by atoms with E-state index in [9.17, 15) is 0 Å². The number of rotatable bonds is 5. The van der Waals surface area contributed by atoms with Gasteiger partial charge >= 0.3 is 0 Å². The maximum atomic E-state index is 3.85. The van der Waals surface area contributed by atoms with Crippen molar-refractivity contribution in [2.45, 2.75) is 39.0 Å². The fourth-order valence-electron chi connectivity index (χ4n) is 1.05. The van der Waals surface area contributed by atoms with Crippen LogP contribution < -0.4 is 5.21 Å². The first-order chi connectivity index (χ1) is 5.43. The molecule has 0 fully saturated rings. The van der Waals surface area contributed by atoms with Gasteiger partial charge in [0.15, 0.2) is 0 Å². The van der Waals surface area contributed by atoms with E-state index < -0.39 is 0 Å². The molecule has 62 valence electrons. The number of aromatic nitrogens is 3. The Morgan fingerprint density at radius 1 is 1.36 bits per heavy atom. The molecular weight excluding hydrogens is 138 g/mol. The minimum absolute atomic E-state index is 1.03. The zero-order valence-electron chi connectivity index (χ0n) is 6.95. The third kappa shape index (κ3) is 3.16. The summed E-state index contributed by atoms with van der Waals surface area (Å²) in [6, 6.07) is 0. The van der Waals surface area contributed by atoms with Crippen LogP contribution in [0.3, 0.4) is 0 Å². The molecule has 11 heavy (non-hydrogen) atoms. The van der Waals surface area contributed by atoms with E-state index in [2.05, 4.69) is 22.3 Å². The lowest BCUT2D eigenvalue weighted by Gasteiger charge is -1.96. The van der Waals surface area contributed by atoms with Gasteiger partial charge in [0.2, 0.25) is 0 Å². The first kappa shape index (κ1) is 8.24. The van der Waals surface area contributed by atoms with Crippen LogP contribution in [0.4, 0.5) is 0 Å². The molecule has 0 amide bonds. The highest BCUT2D eigenvalue weighted by molar-refractivity contribution is 4.89. The van der Waals surface area contributed by atoms with Crippen molar-refractivity contribution >= 4 is 0 Å². The Labute approximate surface area is 67.2 Å². The summed E-state index contributed by atoms with van der Waals surface area (Å²) >= 11 is 0. The van der Waals surface area contributed by atoms with E-state index in [0.29, 0.717) is 0 Å². The summed E-state index contributed by atoms with van der Waals surface area (Å²) in [5, 5.41) is 11.0. The van der Waals surface area contributed by atoms with Gasteiger partial charge in [0.25, 0.3) is 0 Å². The SMILES string of the molecule is CCCCCCc1cn[n-]n1. The summed E-state index contributed by atoms with van der Waals surface area (Å²) in [6.45, 7) is 2.21. The zero-order valence-corrected chi connectivity index (χ0v) is 6.95. The van der Waals surface area contributed by atoms with Crippen LogP contribution in [0.5, 0.6) is 0 Å². The van der Waals surface area contributed by atoms with Crippen LogP contribution in [0.1, 0.15) is 38.3 Å². The van der Waals surface area contributed by atoms with Gasteiger partial charge in [0.05, 0.1) is 0 Å². The van der Waals surface area contributed by atoms with Crippen LogP contribution in [0.15, 0.2) is 6.20 Å². The smallest absolute Gasteiger partial charge is 0.0355 e. The van der Waals surface area contributed by atoms with E-state index in [4.69, 9.17) is 0 Å². The fraction of sp³-hybridized carbons (Fsp3) is 0.750. The Morgan fingerprint density at radius 3 is 2.91 bits per heavy atom.